The highest BCUT2D eigenvalue weighted by Crippen LogP contribution is 2.49. The third kappa shape index (κ3) is 3.88. The van der Waals surface area contributed by atoms with Gasteiger partial charge in [0.25, 0.3) is 0 Å². The molecule has 27 heavy (non-hydrogen) atoms. The summed E-state index contributed by atoms with van der Waals surface area (Å²) in [6, 6.07) is -6.64. The summed E-state index contributed by atoms with van der Waals surface area (Å²) in [5, 5.41) is 0. The van der Waals surface area contributed by atoms with Crippen molar-refractivity contribution in [1.82, 2.24) is 0 Å². The number of benzene rings is 1. The Morgan fingerprint density at radius 2 is 1.26 bits per heavy atom. The Labute approximate surface area is 142 Å². The van der Waals surface area contributed by atoms with E-state index in [1.165, 1.54) is 0 Å². The molecule has 0 amide bonds. The molecule has 0 radical (unpaired) electrons. The third-order valence-electron chi connectivity index (χ3n) is 3.23. The molecule has 156 valence electrons. The Hall–Kier alpha value is -1.89. The summed E-state index contributed by atoms with van der Waals surface area (Å²) in [6.07, 6.45) is -13.7. The zero-order chi connectivity index (χ0) is 21.6. The second-order valence-corrected chi connectivity index (χ2v) is 5.14. The van der Waals surface area contributed by atoms with Crippen molar-refractivity contribution >= 4 is 5.69 Å². The van der Waals surface area contributed by atoms with Crippen molar-refractivity contribution in [2.24, 2.45) is 0 Å². The van der Waals surface area contributed by atoms with Gasteiger partial charge in [-0.05, 0) is 6.42 Å². The molecule has 0 spiro atoms. The Morgan fingerprint density at radius 1 is 0.778 bits per heavy atom. The van der Waals surface area contributed by atoms with E-state index in [9.17, 15) is 57.1 Å². The normalized spacial score (nSPS) is 13.9. The van der Waals surface area contributed by atoms with E-state index in [4.69, 9.17) is 0 Å². The molecule has 1 rings (SSSR count). The number of anilines is 1. The summed E-state index contributed by atoms with van der Waals surface area (Å²) in [5.41, 5.74) is -5.64. The summed E-state index contributed by atoms with van der Waals surface area (Å²) < 4.78 is 169. The summed E-state index contributed by atoms with van der Waals surface area (Å²) in [7, 11) is 0. The molecular formula is C13H8F13N. The van der Waals surface area contributed by atoms with Crippen LogP contribution in [0.1, 0.15) is 18.9 Å². The first-order valence-corrected chi connectivity index (χ1v) is 6.75. The SMILES string of the molecule is CCCN(c1cc(F)c(F)c(C(F)(F)C(F)(F)F)c1F)C(F)(F)C(F)(F)F. The van der Waals surface area contributed by atoms with Crippen LogP contribution in [0.5, 0.6) is 0 Å². The maximum absolute atomic E-state index is 14.1. The van der Waals surface area contributed by atoms with E-state index < -0.39 is 77.0 Å². The lowest BCUT2D eigenvalue weighted by molar-refractivity contribution is -0.291. The van der Waals surface area contributed by atoms with Gasteiger partial charge in [0.1, 0.15) is 5.56 Å². The van der Waals surface area contributed by atoms with Crippen LogP contribution in [0.3, 0.4) is 0 Å². The standard InChI is InChI=1S/C13H8F13N/c1-2-3-27(13(25,26)12(22,23)24)6-4-5(14)8(15)7(9(6)16)10(17,18)11(19,20)21/h4H,2-3H2,1H3. The van der Waals surface area contributed by atoms with Crippen LogP contribution in [-0.2, 0) is 5.92 Å². The summed E-state index contributed by atoms with van der Waals surface area (Å²) in [4.78, 5) is -1.26. The molecule has 0 aromatic heterocycles. The summed E-state index contributed by atoms with van der Waals surface area (Å²) >= 11 is 0. The molecule has 1 aromatic carbocycles. The monoisotopic (exact) mass is 425 g/mol. The van der Waals surface area contributed by atoms with E-state index in [0.717, 1.165) is 6.92 Å². The van der Waals surface area contributed by atoms with Crippen LogP contribution in [0.2, 0.25) is 0 Å². The van der Waals surface area contributed by atoms with E-state index >= 15 is 0 Å². The molecule has 0 aliphatic heterocycles. The van der Waals surface area contributed by atoms with Crippen LogP contribution >= 0.6 is 0 Å². The third-order valence-corrected chi connectivity index (χ3v) is 3.23. The molecule has 0 N–H and O–H groups in total. The van der Waals surface area contributed by atoms with Crippen LogP contribution in [0, 0.1) is 17.5 Å². The number of hydrogen-bond acceptors (Lipinski definition) is 1. The van der Waals surface area contributed by atoms with Crippen molar-refractivity contribution in [3.8, 4) is 0 Å². The fraction of sp³-hybridized carbons (Fsp3) is 0.538. The quantitative estimate of drug-likeness (QED) is 0.312. The van der Waals surface area contributed by atoms with Gasteiger partial charge in [0.05, 0.1) is 5.69 Å². The molecule has 0 atom stereocenters. The summed E-state index contributed by atoms with van der Waals surface area (Å²) in [5.74, 6) is -15.3. The van der Waals surface area contributed by atoms with E-state index in [0.29, 0.717) is 0 Å². The van der Waals surface area contributed by atoms with Crippen LogP contribution in [0.15, 0.2) is 6.07 Å². The molecule has 0 unspecified atom stereocenters. The topological polar surface area (TPSA) is 3.24 Å². The highest BCUT2D eigenvalue weighted by Gasteiger charge is 2.64. The van der Waals surface area contributed by atoms with E-state index in [2.05, 4.69) is 0 Å². The van der Waals surface area contributed by atoms with E-state index in [1.54, 1.807) is 0 Å². The smallest absolute Gasteiger partial charge is 0.303 e. The average molecular weight is 425 g/mol. The lowest BCUT2D eigenvalue weighted by atomic mass is 10.0. The van der Waals surface area contributed by atoms with Crippen molar-refractivity contribution in [2.75, 3.05) is 11.4 Å². The lowest BCUT2D eigenvalue weighted by Crippen LogP contribution is -2.53. The molecule has 0 aliphatic rings. The molecule has 0 saturated heterocycles. The predicted molar refractivity (Wildman–Crippen MR) is 64.9 cm³/mol. The number of alkyl halides is 10. The lowest BCUT2D eigenvalue weighted by Gasteiger charge is -2.35. The van der Waals surface area contributed by atoms with Gasteiger partial charge in [0, 0.05) is 12.6 Å². The first-order chi connectivity index (χ1) is 11.9. The van der Waals surface area contributed by atoms with Crippen molar-refractivity contribution in [3.63, 3.8) is 0 Å². The van der Waals surface area contributed by atoms with Gasteiger partial charge >= 0.3 is 24.3 Å². The molecule has 0 aliphatic carbocycles. The Morgan fingerprint density at radius 3 is 1.63 bits per heavy atom. The zero-order valence-corrected chi connectivity index (χ0v) is 12.9. The average Bonchev–Trinajstić information content (AvgIpc) is 2.46. The Balaban J connectivity index is 3.85. The van der Waals surface area contributed by atoms with Crippen LogP contribution in [0.25, 0.3) is 0 Å². The van der Waals surface area contributed by atoms with Crippen molar-refractivity contribution in [1.29, 1.82) is 0 Å². The Bertz CT molecular complexity index is 689. The fourth-order valence-electron chi connectivity index (χ4n) is 1.99. The minimum Gasteiger partial charge on any atom is -0.303 e. The fourth-order valence-corrected chi connectivity index (χ4v) is 1.99. The van der Waals surface area contributed by atoms with Gasteiger partial charge in [-0.3, -0.25) is 0 Å². The van der Waals surface area contributed by atoms with Gasteiger partial charge in [-0.2, -0.15) is 43.9 Å². The maximum Gasteiger partial charge on any atom is 0.475 e. The molecule has 0 saturated carbocycles. The molecular weight excluding hydrogens is 417 g/mol. The highest BCUT2D eigenvalue weighted by atomic mass is 19.4. The molecule has 1 aromatic rings. The number of nitrogens with zero attached hydrogens (tertiary/aromatic N) is 1. The minimum absolute atomic E-state index is 0.616. The van der Waals surface area contributed by atoms with E-state index in [-0.39, 0.29) is 0 Å². The van der Waals surface area contributed by atoms with Gasteiger partial charge in [0.2, 0.25) is 0 Å². The molecule has 0 fully saturated rings. The van der Waals surface area contributed by atoms with Gasteiger partial charge < -0.3 is 4.90 Å². The van der Waals surface area contributed by atoms with Gasteiger partial charge in [-0.15, -0.1) is 0 Å². The molecule has 1 nitrogen and oxygen atoms in total. The van der Waals surface area contributed by atoms with Gasteiger partial charge in [0.15, 0.2) is 17.5 Å². The number of hydrogen-bond donors (Lipinski definition) is 0. The zero-order valence-electron chi connectivity index (χ0n) is 12.9. The number of rotatable bonds is 5. The van der Waals surface area contributed by atoms with Gasteiger partial charge in [-0.1, -0.05) is 6.92 Å². The highest BCUT2D eigenvalue weighted by molar-refractivity contribution is 5.54. The van der Waals surface area contributed by atoms with Crippen molar-refractivity contribution in [3.05, 3.63) is 29.1 Å². The Kier molecular flexibility index (Phi) is 5.94. The van der Waals surface area contributed by atoms with Crippen LogP contribution < -0.4 is 4.90 Å². The first kappa shape index (κ1) is 23.1. The first-order valence-electron chi connectivity index (χ1n) is 6.75. The van der Waals surface area contributed by atoms with Crippen molar-refractivity contribution in [2.45, 2.75) is 37.7 Å². The summed E-state index contributed by atoms with van der Waals surface area (Å²) in [6.45, 7) is -0.464. The minimum atomic E-state index is -6.69. The van der Waals surface area contributed by atoms with Gasteiger partial charge in [-0.25, -0.2) is 13.2 Å². The van der Waals surface area contributed by atoms with Crippen LogP contribution in [0.4, 0.5) is 62.8 Å². The molecule has 14 heteroatoms. The second kappa shape index (κ2) is 6.93. The molecule has 0 heterocycles. The van der Waals surface area contributed by atoms with E-state index in [1.807, 2.05) is 0 Å². The number of halogens is 13. The molecule has 0 bridgehead atoms. The predicted octanol–water partition coefficient (Wildman–Crippen LogP) is 6.13. The second-order valence-electron chi connectivity index (χ2n) is 5.14. The van der Waals surface area contributed by atoms with Crippen molar-refractivity contribution < 1.29 is 57.1 Å². The largest absolute Gasteiger partial charge is 0.475 e. The van der Waals surface area contributed by atoms with Crippen LogP contribution in [-0.4, -0.2) is 24.9 Å². The maximum atomic E-state index is 14.1.